The minimum atomic E-state index is -3.90. The Balaban J connectivity index is 1.87. The van der Waals surface area contributed by atoms with Gasteiger partial charge in [0.1, 0.15) is 10.6 Å². The van der Waals surface area contributed by atoms with Crippen LogP contribution in [-0.2, 0) is 16.4 Å². The van der Waals surface area contributed by atoms with Gasteiger partial charge in [-0.3, -0.25) is 4.98 Å². The summed E-state index contributed by atoms with van der Waals surface area (Å²) in [5.41, 5.74) is 1.92. The van der Waals surface area contributed by atoms with Gasteiger partial charge in [-0.1, -0.05) is 23.7 Å². The van der Waals surface area contributed by atoms with Gasteiger partial charge in [0, 0.05) is 29.2 Å². The Labute approximate surface area is 203 Å². The van der Waals surface area contributed by atoms with Crippen molar-refractivity contribution in [3.8, 4) is 17.2 Å². The van der Waals surface area contributed by atoms with Crippen molar-refractivity contribution in [1.82, 2.24) is 4.98 Å². The molecule has 0 amide bonds. The number of methoxy groups -OCH3 is 3. The molecule has 176 valence electrons. The second kappa shape index (κ2) is 9.79. The molecule has 0 saturated carbocycles. The zero-order valence-electron chi connectivity index (χ0n) is 18.8. The Kier molecular flexibility index (Phi) is 6.81. The molecule has 0 aliphatic heterocycles. The normalized spacial score (nSPS) is 11.3. The molecule has 0 unspecified atom stereocenters. The van der Waals surface area contributed by atoms with E-state index in [1.54, 1.807) is 31.4 Å². The van der Waals surface area contributed by atoms with Gasteiger partial charge in [-0.05, 0) is 48.0 Å². The Bertz CT molecular complexity index is 1420. The molecule has 0 bridgehead atoms. The summed E-state index contributed by atoms with van der Waals surface area (Å²) in [5, 5.41) is 4.34. The van der Waals surface area contributed by atoms with Gasteiger partial charge in [-0.25, -0.2) is 8.42 Å². The van der Waals surface area contributed by atoms with Crippen LogP contribution in [0.25, 0.3) is 10.9 Å². The summed E-state index contributed by atoms with van der Waals surface area (Å²) in [6, 6.07) is 17.0. The first-order chi connectivity index (χ1) is 16.4. The molecule has 3 aromatic carbocycles. The first-order valence-corrected chi connectivity index (χ1v) is 12.2. The number of halogens is 1. The molecule has 34 heavy (non-hydrogen) atoms. The highest BCUT2D eigenvalue weighted by Gasteiger charge is 2.25. The van der Waals surface area contributed by atoms with Crippen LogP contribution in [0.2, 0.25) is 5.02 Å². The van der Waals surface area contributed by atoms with Gasteiger partial charge in [-0.15, -0.1) is 0 Å². The van der Waals surface area contributed by atoms with Crippen molar-refractivity contribution in [2.75, 3.05) is 26.6 Å². The molecule has 0 radical (unpaired) electrons. The maximum atomic E-state index is 13.6. The van der Waals surface area contributed by atoms with E-state index in [2.05, 4.69) is 10.3 Å². The van der Waals surface area contributed by atoms with E-state index in [1.165, 1.54) is 32.5 Å². The molecule has 0 saturated heterocycles. The molecule has 0 atom stereocenters. The van der Waals surface area contributed by atoms with Crippen LogP contribution in [0.4, 0.5) is 5.69 Å². The number of anilines is 1. The topological polar surface area (TPSA) is 86.8 Å². The van der Waals surface area contributed by atoms with Gasteiger partial charge < -0.3 is 19.5 Å². The molecule has 4 rings (SSSR count). The monoisotopic (exact) mass is 498 g/mol. The van der Waals surface area contributed by atoms with E-state index in [9.17, 15) is 8.42 Å². The number of sulfone groups is 1. The number of fused-ring (bicyclic) bond motifs is 1. The average Bonchev–Trinajstić information content (AvgIpc) is 2.86. The average molecular weight is 499 g/mol. The standard InChI is InChI=1S/C25H23ClN2O5S/c1-31-18-8-4-16(5-9-18)14-28-25-20-12-22(32-2)23(33-3)13-21(20)27-15-24(25)34(29,30)19-10-6-17(26)7-11-19/h4-13,15H,14H2,1-3H3,(H,27,28). The summed E-state index contributed by atoms with van der Waals surface area (Å²) in [6.07, 6.45) is 1.36. The van der Waals surface area contributed by atoms with Crippen molar-refractivity contribution in [2.45, 2.75) is 16.3 Å². The van der Waals surface area contributed by atoms with Crippen LogP contribution < -0.4 is 19.5 Å². The van der Waals surface area contributed by atoms with Crippen molar-refractivity contribution >= 4 is 38.0 Å². The third-order valence-corrected chi connectivity index (χ3v) is 7.41. The highest BCUT2D eigenvalue weighted by Crippen LogP contribution is 2.39. The minimum absolute atomic E-state index is 0.0445. The number of hydrogen-bond acceptors (Lipinski definition) is 7. The van der Waals surface area contributed by atoms with Gasteiger partial charge in [0.15, 0.2) is 11.5 Å². The van der Waals surface area contributed by atoms with E-state index in [1.807, 2.05) is 24.3 Å². The van der Waals surface area contributed by atoms with E-state index >= 15 is 0 Å². The minimum Gasteiger partial charge on any atom is -0.497 e. The summed E-state index contributed by atoms with van der Waals surface area (Å²) in [6.45, 7) is 0.376. The lowest BCUT2D eigenvalue weighted by atomic mass is 10.1. The molecule has 7 nitrogen and oxygen atoms in total. The number of nitrogens with zero attached hydrogens (tertiary/aromatic N) is 1. The molecular weight excluding hydrogens is 476 g/mol. The van der Waals surface area contributed by atoms with Gasteiger partial charge in [0.05, 0.1) is 37.4 Å². The first kappa shape index (κ1) is 23.7. The number of pyridine rings is 1. The summed E-state index contributed by atoms with van der Waals surface area (Å²) in [7, 11) is 0.757. The smallest absolute Gasteiger partial charge is 0.210 e. The second-order valence-electron chi connectivity index (χ2n) is 7.38. The number of aromatic nitrogens is 1. The fraction of sp³-hybridized carbons (Fsp3) is 0.160. The van der Waals surface area contributed by atoms with E-state index in [0.717, 1.165) is 11.3 Å². The van der Waals surface area contributed by atoms with Crippen LogP contribution in [0.5, 0.6) is 17.2 Å². The molecule has 4 aromatic rings. The zero-order chi connectivity index (χ0) is 24.3. The number of hydrogen-bond donors (Lipinski definition) is 1. The Morgan fingerprint density at radius 2 is 1.53 bits per heavy atom. The van der Waals surface area contributed by atoms with Crippen LogP contribution in [0.15, 0.2) is 76.7 Å². The highest BCUT2D eigenvalue weighted by atomic mass is 35.5. The third kappa shape index (κ3) is 4.60. The van der Waals surface area contributed by atoms with E-state index in [4.69, 9.17) is 25.8 Å². The SMILES string of the molecule is COc1ccc(CNc2c(S(=O)(=O)c3ccc(Cl)cc3)cnc3cc(OC)c(OC)cc23)cc1. The van der Waals surface area contributed by atoms with Gasteiger partial charge >= 0.3 is 0 Å². The van der Waals surface area contributed by atoms with Gasteiger partial charge in [-0.2, -0.15) is 0 Å². The molecule has 0 spiro atoms. The quantitative estimate of drug-likeness (QED) is 0.350. The maximum Gasteiger partial charge on any atom is 0.210 e. The molecule has 1 aromatic heterocycles. The summed E-state index contributed by atoms with van der Waals surface area (Å²) in [5.74, 6) is 1.70. The number of rotatable bonds is 8. The lowest BCUT2D eigenvalue weighted by Gasteiger charge is -2.17. The Hall–Kier alpha value is -3.49. The second-order valence-corrected chi connectivity index (χ2v) is 9.74. The molecule has 0 aliphatic carbocycles. The van der Waals surface area contributed by atoms with E-state index in [-0.39, 0.29) is 9.79 Å². The van der Waals surface area contributed by atoms with Crippen molar-refractivity contribution in [1.29, 1.82) is 0 Å². The Morgan fingerprint density at radius 1 is 0.882 bits per heavy atom. The van der Waals surface area contributed by atoms with Crippen LogP contribution in [0, 0.1) is 0 Å². The summed E-state index contributed by atoms with van der Waals surface area (Å²) < 4.78 is 43.2. The molecule has 1 N–H and O–H groups in total. The predicted molar refractivity (Wildman–Crippen MR) is 132 cm³/mol. The predicted octanol–water partition coefficient (Wildman–Crippen LogP) is 5.36. The summed E-state index contributed by atoms with van der Waals surface area (Å²) >= 11 is 5.96. The van der Waals surface area contributed by atoms with Crippen LogP contribution in [0.3, 0.4) is 0 Å². The largest absolute Gasteiger partial charge is 0.497 e. The first-order valence-electron chi connectivity index (χ1n) is 10.3. The molecule has 0 aliphatic rings. The van der Waals surface area contributed by atoms with Gasteiger partial charge in [0.25, 0.3) is 0 Å². The Morgan fingerprint density at radius 3 is 2.15 bits per heavy atom. The van der Waals surface area contributed by atoms with Crippen molar-refractivity contribution in [3.05, 3.63) is 77.4 Å². The third-order valence-electron chi connectivity index (χ3n) is 5.38. The lowest BCUT2D eigenvalue weighted by Crippen LogP contribution is -2.10. The van der Waals surface area contributed by atoms with Crippen molar-refractivity contribution in [3.63, 3.8) is 0 Å². The van der Waals surface area contributed by atoms with E-state index < -0.39 is 9.84 Å². The maximum absolute atomic E-state index is 13.6. The van der Waals surface area contributed by atoms with Crippen LogP contribution in [-0.4, -0.2) is 34.7 Å². The molecule has 0 fully saturated rings. The lowest BCUT2D eigenvalue weighted by molar-refractivity contribution is 0.356. The molecule has 1 heterocycles. The summed E-state index contributed by atoms with van der Waals surface area (Å²) in [4.78, 5) is 4.58. The van der Waals surface area contributed by atoms with Crippen molar-refractivity contribution < 1.29 is 22.6 Å². The molecular formula is C25H23ClN2O5S. The van der Waals surface area contributed by atoms with E-state index in [0.29, 0.717) is 39.7 Å². The highest BCUT2D eigenvalue weighted by molar-refractivity contribution is 7.91. The van der Waals surface area contributed by atoms with Crippen LogP contribution in [0.1, 0.15) is 5.56 Å². The number of benzene rings is 3. The van der Waals surface area contributed by atoms with Crippen molar-refractivity contribution in [2.24, 2.45) is 0 Å². The molecule has 9 heteroatoms. The number of nitrogens with one attached hydrogen (secondary N) is 1. The van der Waals surface area contributed by atoms with Gasteiger partial charge in [0.2, 0.25) is 9.84 Å². The number of ether oxygens (including phenoxy) is 3. The fourth-order valence-electron chi connectivity index (χ4n) is 3.56. The van der Waals surface area contributed by atoms with Crippen LogP contribution >= 0.6 is 11.6 Å². The fourth-order valence-corrected chi connectivity index (χ4v) is 5.08. The zero-order valence-corrected chi connectivity index (χ0v) is 20.4.